The summed E-state index contributed by atoms with van der Waals surface area (Å²) < 4.78 is 0. The number of aryl methyl sites for hydroxylation is 2. The number of nitrogens with zero attached hydrogens (tertiary/aromatic N) is 3. The second kappa shape index (κ2) is 7.74. The first-order chi connectivity index (χ1) is 12.0. The molecule has 0 spiro atoms. The van der Waals surface area contributed by atoms with Crippen LogP contribution in [0, 0.1) is 19.8 Å². The van der Waals surface area contributed by atoms with Gasteiger partial charge in [0.1, 0.15) is 0 Å². The minimum Gasteiger partial charge on any atom is -0.355 e. The van der Waals surface area contributed by atoms with Gasteiger partial charge in [0.25, 0.3) is 0 Å². The number of nitrogens with one attached hydrogen (secondary N) is 1. The van der Waals surface area contributed by atoms with Crippen LogP contribution in [0.25, 0.3) is 0 Å². The molecule has 2 aromatic heterocycles. The Morgan fingerprint density at radius 2 is 2.28 bits per heavy atom. The molecular weight excluding hydrogens is 336 g/mol. The van der Waals surface area contributed by atoms with Gasteiger partial charge in [-0.05, 0) is 25.5 Å². The summed E-state index contributed by atoms with van der Waals surface area (Å²) in [4.78, 5) is 36.0. The van der Waals surface area contributed by atoms with Gasteiger partial charge in [-0.1, -0.05) is 6.07 Å². The van der Waals surface area contributed by atoms with Crippen LogP contribution < -0.4 is 5.32 Å². The van der Waals surface area contributed by atoms with Gasteiger partial charge in [-0.3, -0.25) is 14.6 Å². The number of carbonyl (C=O) groups is 2. The van der Waals surface area contributed by atoms with E-state index in [4.69, 9.17) is 0 Å². The standard InChI is InChI=1S/C18H22N4O2S/c1-12-13(2)25-16(21-12)5-7-20-18(24)15-8-17(23)22(11-15)10-14-4-3-6-19-9-14/h3-4,6,9,15H,5,7-8,10-11H2,1-2H3,(H,20,24)/t15-/m0/s1. The van der Waals surface area contributed by atoms with Crippen molar-refractivity contribution in [1.29, 1.82) is 0 Å². The molecule has 1 fully saturated rings. The summed E-state index contributed by atoms with van der Waals surface area (Å²) in [6.07, 6.45) is 4.46. The molecule has 3 rings (SSSR count). The molecule has 3 heterocycles. The fourth-order valence-corrected chi connectivity index (χ4v) is 3.83. The highest BCUT2D eigenvalue weighted by Crippen LogP contribution is 2.20. The SMILES string of the molecule is Cc1nc(CCNC(=O)[C@H]2CC(=O)N(Cc3cccnc3)C2)sc1C. The van der Waals surface area contributed by atoms with Crippen LogP contribution in [0.15, 0.2) is 24.5 Å². The van der Waals surface area contributed by atoms with Crippen molar-refractivity contribution in [2.45, 2.75) is 33.2 Å². The van der Waals surface area contributed by atoms with Gasteiger partial charge in [0, 0.05) is 49.7 Å². The summed E-state index contributed by atoms with van der Waals surface area (Å²) in [6.45, 7) is 5.58. The monoisotopic (exact) mass is 358 g/mol. The van der Waals surface area contributed by atoms with Crippen LogP contribution in [-0.4, -0.2) is 39.8 Å². The van der Waals surface area contributed by atoms with Crippen LogP contribution in [0.2, 0.25) is 0 Å². The molecule has 0 radical (unpaired) electrons. The van der Waals surface area contributed by atoms with Crippen molar-refractivity contribution in [2.24, 2.45) is 5.92 Å². The maximum atomic E-state index is 12.3. The average molecular weight is 358 g/mol. The van der Waals surface area contributed by atoms with Crippen molar-refractivity contribution in [1.82, 2.24) is 20.2 Å². The van der Waals surface area contributed by atoms with E-state index in [0.717, 1.165) is 22.7 Å². The molecule has 0 saturated carbocycles. The lowest BCUT2D eigenvalue weighted by Crippen LogP contribution is -2.34. The van der Waals surface area contributed by atoms with E-state index < -0.39 is 0 Å². The van der Waals surface area contributed by atoms with E-state index in [2.05, 4.69) is 22.2 Å². The molecule has 1 saturated heterocycles. The highest BCUT2D eigenvalue weighted by molar-refractivity contribution is 7.11. The van der Waals surface area contributed by atoms with E-state index >= 15 is 0 Å². The van der Waals surface area contributed by atoms with Crippen molar-refractivity contribution in [3.8, 4) is 0 Å². The van der Waals surface area contributed by atoms with E-state index in [-0.39, 0.29) is 24.2 Å². The Hall–Kier alpha value is -2.28. The molecular formula is C18H22N4O2S. The highest BCUT2D eigenvalue weighted by atomic mass is 32.1. The number of thiazole rings is 1. The van der Waals surface area contributed by atoms with Gasteiger partial charge >= 0.3 is 0 Å². The molecule has 132 valence electrons. The maximum absolute atomic E-state index is 12.3. The predicted octanol–water partition coefficient (Wildman–Crippen LogP) is 1.86. The molecule has 0 aromatic carbocycles. The Bertz CT molecular complexity index is 740. The molecule has 1 aliphatic heterocycles. The van der Waals surface area contributed by atoms with Crippen molar-refractivity contribution < 1.29 is 9.59 Å². The van der Waals surface area contributed by atoms with Crippen LogP contribution >= 0.6 is 11.3 Å². The average Bonchev–Trinajstić information content (AvgIpc) is 3.11. The molecule has 6 nitrogen and oxygen atoms in total. The van der Waals surface area contributed by atoms with Crippen molar-refractivity contribution in [2.75, 3.05) is 13.1 Å². The third-order valence-electron chi connectivity index (χ3n) is 4.39. The minimum atomic E-state index is -0.274. The molecule has 7 heteroatoms. The topological polar surface area (TPSA) is 75.2 Å². The zero-order valence-electron chi connectivity index (χ0n) is 14.5. The zero-order valence-corrected chi connectivity index (χ0v) is 15.3. The smallest absolute Gasteiger partial charge is 0.225 e. The number of hydrogen-bond acceptors (Lipinski definition) is 5. The molecule has 2 amide bonds. The number of pyridine rings is 1. The van der Waals surface area contributed by atoms with Crippen molar-refractivity contribution >= 4 is 23.2 Å². The number of rotatable bonds is 6. The molecule has 1 N–H and O–H groups in total. The molecule has 1 atom stereocenters. The number of carbonyl (C=O) groups excluding carboxylic acids is 2. The van der Waals surface area contributed by atoms with Gasteiger partial charge < -0.3 is 10.2 Å². The Kier molecular flexibility index (Phi) is 5.43. The lowest BCUT2D eigenvalue weighted by atomic mass is 10.1. The number of hydrogen-bond donors (Lipinski definition) is 1. The largest absolute Gasteiger partial charge is 0.355 e. The number of likely N-dealkylation sites (tertiary alicyclic amines) is 1. The molecule has 0 unspecified atom stereocenters. The summed E-state index contributed by atoms with van der Waals surface area (Å²) in [5, 5.41) is 3.98. The molecule has 0 bridgehead atoms. The van der Waals surface area contributed by atoms with E-state index in [1.54, 1.807) is 28.6 Å². The minimum absolute atomic E-state index is 0.0233. The van der Waals surface area contributed by atoms with Crippen molar-refractivity contribution in [3.05, 3.63) is 45.7 Å². The van der Waals surface area contributed by atoms with Gasteiger partial charge in [-0.15, -0.1) is 11.3 Å². The predicted molar refractivity (Wildman–Crippen MR) is 96.1 cm³/mol. The fourth-order valence-electron chi connectivity index (χ4n) is 2.90. The Morgan fingerprint density at radius 3 is 2.96 bits per heavy atom. The van der Waals surface area contributed by atoms with E-state index in [9.17, 15) is 9.59 Å². The first-order valence-electron chi connectivity index (χ1n) is 8.40. The lowest BCUT2D eigenvalue weighted by molar-refractivity contribution is -0.129. The summed E-state index contributed by atoms with van der Waals surface area (Å²) in [6, 6.07) is 3.79. The zero-order chi connectivity index (χ0) is 17.8. The lowest BCUT2D eigenvalue weighted by Gasteiger charge is -2.16. The van der Waals surface area contributed by atoms with Crippen LogP contribution in [0.1, 0.15) is 27.6 Å². The fraction of sp³-hybridized carbons (Fsp3) is 0.444. The van der Waals surface area contributed by atoms with Crippen molar-refractivity contribution in [3.63, 3.8) is 0 Å². The van der Waals surface area contributed by atoms with E-state index in [1.165, 1.54) is 4.88 Å². The maximum Gasteiger partial charge on any atom is 0.225 e. The van der Waals surface area contributed by atoms with E-state index in [1.807, 2.05) is 19.1 Å². The van der Waals surface area contributed by atoms with Crippen LogP contribution in [0.3, 0.4) is 0 Å². The second-order valence-electron chi connectivity index (χ2n) is 6.33. The van der Waals surface area contributed by atoms with Gasteiger partial charge in [0.05, 0.1) is 16.6 Å². The van der Waals surface area contributed by atoms with Crippen LogP contribution in [0.4, 0.5) is 0 Å². The Morgan fingerprint density at radius 1 is 1.44 bits per heavy atom. The molecule has 2 aromatic rings. The summed E-state index contributed by atoms with van der Waals surface area (Å²) in [5.41, 5.74) is 2.03. The highest BCUT2D eigenvalue weighted by Gasteiger charge is 2.34. The normalized spacial score (nSPS) is 17.1. The van der Waals surface area contributed by atoms with Gasteiger partial charge in [-0.2, -0.15) is 0 Å². The van der Waals surface area contributed by atoms with Crippen LogP contribution in [0.5, 0.6) is 0 Å². The van der Waals surface area contributed by atoms with E-state index in [0.29, 0.717) is 19.6 Å². The Balaban J connectivity index is 1.47. The summed E-state index contributed by atoms with van der Waals surface area (Å²) >= 11 is 1.67. The number of aromatic nitrogens is 2. The first kappa shape index (κ1) is 17.5. The summed E-state index contributed by atoms with van der Waals surface area (Å²) in [7, 11) is 0. The third kappa shape index (κ3) is 4.42. The van der Waals surface area contributed by atoms with Crippen LogP contribution in [-0.2, 0) is 22.6 Å². The van der Waals surface area contributed by atoms with Gasteiger partial charge in [0.15, 0.2) is 0 Å². The molecule has 1 aliphatic rings. The quantitative estimate of drug-likeness (QED) is 0.855. The second-order valence-corrected chi connectivity index (χ2v) is 7.61. The number of amides is 2. The van der Waals surface area contributed by atoms with Gasteiger partial charge in [0.2, 0.25) is 11.8 Å². The Labute approximate surface area is 151 Å². The summed E-state index contributed by atoms with van der Waals surface area (Å²) in [5.74, 6) is -0.300. The van der Waals surface area contributed by atoms with Gasteiger partial charge in [-0.25, -0.2) is 4.98 Å². The first-order valence-corrected chi connectivity index (χ1v) is 9.22. The molecule has 25 heavy (non-hydrogen) atoms. The third-order valence-corrected chi connectivity index (χ3v) is 5.53. The molecule has 0 aliphatic carbocycles.